The van der Waals surface area contributed by atoms with Crippen LogP contribution in [0.4, 0.5) is 0 Å². The first kappa shape index (κ1) is 14.3. The van der Waals surface area contributed by atoms with Gasteiger partial charge in [-0.25, -0.2) is 4.98 Å². The lowest BCUT2D eigenvalue weighted by atomic mass is 9.88. The molecule has 0 spiro atoms. The fourth-order valence-corrected chi connectivity index (χ4v) is 4.69. The molecule has 0 radical (unpaired) electrons. The minimum Gasteiger partial charge on any atom is -0.615 e. The van der Waals surface area contributed by atoms with Crippen LogP contribution >= 0.6 is 11.3 Å². The molecular formula is C17H15NOS2. The second-order valence-electron chi connectivity index (χ2n) is 4.74. The third-order valence-corrected chi connectivity index (χ3v) is 5.71. The third-order valence-electron chi connectivity index (χ3n) is 3.58. The highest BCUT2D eigenvalue weighted by molar-refractivity contribution is 7.92. The van der Waals surface area contributed by atoms with Crippen molar-refractivity contribution in [1.29, 1.82) is 0 Å². The quantitative estimate of drug-likeness (QED) is 0.687. The van der Waals surface area contributed by atoms with E-state index in [9.17, 15) is 4.55 Å². The van der Waals surface area contributed by atoms with Crippen LogP contribution in [0.1, 0.15) is 16.8 Å². The molecule has 0 saturated carbocycles. The average molecular weight is 313 g/mol. The molecule has 1 unspecified atom stereocenters. The van der Waals surface area contributed by atoms with E-state index in [4.69, 9.17) is 0 Å². The van der Waals surface area contributed by atoms with Gasteiger partial charge in [0, 0.05) is 16.5 Å². The number of thiazole rings is 1. The minimum absolute atomic E-state index is 0.720. The lowest BCUT2D eigenvalue weighted by molar-refractivity contribution is 0.575. The highest BCUT2D eigenvalue weighted by Crippen LogP contribution is 2.43. The van der Waals surface area contributed by atoms with Crippen LogP contribution < -0.4 is 0 Å². The zero-order valence-corrected chi connectivity index (χ0v) is 13.2. The molecule has 0 fully saturated rings. The van der Waals surface area contributed by atoms with Gasteiger partial charge in [0.2, 0.25) is 4.75 Å². The summed E-state index contributed by atoms with van der Waals surface area (Å²) in [5.41, 5.74) is 4.64. The van der Waals surface area contributed by atoms with Crippen molar-refractivity contribution in [2.45, 2.75) is 4.75 Å². The van der Waals surface area contributed by atoms with Gasteiger partial charge in [0.25, 0.3) is 0 Å². The minimum atomic E-state index is -1.15. The monoisotopic (exact) mass is 313 g/mol. The molecule has 0 saturated heterocycles. The van der Waals surface area contributed by atoms with Crippen LogP contribution in [0.2, 0.25) is 0 Å². The zero-order valence-electron chi connectivity index (χ0n) is 11.6. The van der Waals surface area contributed by atoms with Gasteiger partial charge in [-0.15, -0.1) is 11.3 Å². The fraction of sp³-hybridized carbons (Fsp3) is 0.118. The molecule has 3 aromatic rings. The first-order chi connectivity index (χ1) is 10.3. The first-order valence-electron chi connectivity index (χ1n) is 6.59. The van der Waals surface area contributed by atoms with Gasteiger partial charge in [0.1, 0.15) is 5.69 Å². The van der Waals surface area contributed by atoms with Crippen molar-refractivity contribution in [2.75, 3.05) is 6.26 Å². The van der Waals surface area contributed by atoms with E-state index >= 15 is 0 Å². The molecule has 4 heteroatoms. The van der Waals surface area contributed by atoms with Crippen LogP contribution in [0, 0.1) is 0 Å². The number of hydrogen-bond donors (Lipinski definition) is 0. The molecule has 2 aromatic carbocycles. The number of benzene rings is 2. The predicted octanol–water partition coefficient (Wildman–Crippen LogP) is 3.81. The van der Waals surface area contributed by atoms with Gasteiger partial charge in [0.05, 0.1) is 11.8 Å². The van der Waals surface area contributed by atoms with Crippen molar-refractivity contribution in [1.82, 2.24) is 4.98 Å². The first-order valence-corrected chi connectivity index (χ1v) is 9.09. The summed E-state index contributed by atoms with van der Waals surface area (Å²) in [6.07, 6.45) is 1.75. The molecular weight excluding hydrogens is 298 g/mol. The Morgan fingerprint density at radius 3 is 1.86 bits per heavy atom. The molecule has 1 atom stereocenters. The van der Waals surface area contributed by atoms with Gasteiger partial charge in [-0.1, -0.05) is 60.7 Å². The van der Waals surface area contributed by atoms with Gasteiger partial charge in [-0.2, -0.15) is 0 Å². The molecule has 0 bridgehead atoms. The Morgan fingerprint density at radius 1 is 0.952 bits per heavy atom. The molecule has 0 aliphatic carbocycles. The van der Waals surface area contributed by atoms with E-state index in [0.717, 1.165) is 16.8 Å². The van der Waals surface area contributed by atoms with Crippen molar-refractivity contribution < 1.29 is 4.55 Å². The highest BCUT2D eigenvalue weighted by Gasteiger charge is 2.47. The van der Waals surface area contributed by atoms with Gasteiger partial charge in [-0.05, 0) is 11.2 Å². The zero-order chi connectivity index (χ0) is 14.7. The predicted molar refractivity (Wildman–Crippen MR) is 88.9 cm³/mol. The van der Waals surface area contributed by atoms with Gasteiger partial charge in [-0.3, -0.25) is 0 Å². The van der Waals surface area contributed by atoms with Crippen molar-refractivity contribution >= 4 is 22.5 Å². The molecule has 2 nitrogen and oxygen atoms in total. The van der Waals surface area contributed by atoms with Gasteiger partial charge < -0.3 is 4.55 Å². The fourth-order valence-electron chi connectivity index (χ4n) is 2.67. The molecule has 0 N–H and O–H groups in total. The molecule has 0 amide bonds. The summed E-state index contributed by atoms with van der Waals surface area (Å²) in [5.74, 6) is 0. The Bertz CT molecular complexity index is 642. The average Bonchev–Trinajstić information content (AvgIpc) is 3.04. The van der Waals surface area contributed by atoms with E-state index in [2.05, 4.69) is 4.98 Å². The maximum absolute atomic E-state index is 12.8. The topological polar surface area (TPSA) is 36.0 Å². The van der Waals surface area contributed by atoms with Crippen molar-refractivity contribution in [3.8, 4) is 0 Å². The number of hydrogen-bond acceptors (Lipinski definition) is 3. The lowest BCUT2D eigenvalue weighted by Gasteiger charge is -2.33. The molecule has 1 heterocycles. The molecule has 106 valence electrons. The summed E-state index contributed by atoms with van der Waals surface area (Å²) in [4.78, 5) is 4.49. The number of rotatable bonds is 4. The Labute approximate surface area is 131 Å². The summed E-state index contributed by atoms with van der Waals surface area (Å²) < 4.78 is 12.1. The Balaban J connectivity index is 2.33. The normalized spacial score (nSPS) is 13.0. The van der Waals surface area contributed by atoms with E-state index in [-0.39, 0.29) is 0 Å². The smallest absolute Gasteiger partial charge is 0.217 e. The second-order valence-corrected chi connectivity index (χ2v) is 6.98. The highest BCUT2D eigenvalue weighted by atomic mass is 32.2. The molecule has 0 aliphatic rings. The van der Waals surface area contributed by atoms with Crippen LogP contribution in [0.25, 0.3) is 0 Å². The summed E-state index contributed by atoms with van der Waals surface area (Å²) in [7, 11) is 0. The molecule has 21 heavy (non-hydrogen) atoms. The van der Waals surface area contributed by atoms with Crippen LogP contribution in [-0.2, 0) is 15.9 Å². The standard InChI is InChI=1S/C17H15NOS2/c1-21(19)17(16-12-20-13-18-16,14-8-4-2-5-9-14)15-10-6-3-7-11-15/h2-13H,1H3. The number of nitrogens with zero attached hydrogens (tertiary/aromatic N) is 1. The molecule has 0 aliphatic heterocycles. The maximum Gasteiger partial charge on any atom is 0.217 e. The summed E-state index contributed by atoms with van der Waals surface area (Å²) in [6, 6.07) is 19.9. The Kier molecular flexibility index (Phi) is 4.10. The van der Waals surface area contributed by atoms with E-state index in [0.29, 0.717) is 0 Å². The summed E-state index contributed by atoms with van der Waals surface area (Å²) in [5, 5.41) is 1.99. The molecule has 1 aromatic heterocycles. The third kappa shape index (κ3) is 2.39. The maximum atomic E-state index is 12.8. The Hall–Kier alpha value is -1.62. The van der Waals surface area contributed by atoms with Crippen molar-refractivity contribution in [3.63, 3.8) is 0 Å². The summed E-state index contributed by atoms with van der Waals surface area (Å²) >= 11 is 0.379. The van der Waals surface area contributed by atoms with E-state index in [1.165, 1.54) is 11.3 Å². The second kappa shape index (κ2) is 6.02. The van der Waals surface area contributed by atoms with E-state index in [1.54, 1.807) is 11.8 Å². The number of aromatic nitrogens is 1. The van der Waals surface area contributed by atoms with Crippen LogP contribution in [0.15, 0.2) is 71.6 Å². The lowest BCUT2D eigenvalue weighted by Crippen LogP contribution is -2.38. The van der Waals surface area contributed by atoms with Gasteiger partial charge in [0.15, 0.2) is 0 Å². The largest absolute Gasteiger partial charge is 0.615 e. The van der Waals surface area contributed by atoms with E-state index < -0.39 is 15.9 Å². The van der Waals surface area contributed by atoms with Gasteiger partial charge >= 0.3 is 0 Å². The van der Waals surface area contributed by atoms with Crippen LogP contribution in [-0.4, -0.2) is 15.8 Å². The van der Waals surface area contributed by atoms with Crippen LogP contribution in [0.5, 0.6) is 0 Å². The van der Waals surface area contributed by atoms with Crippen molar-refractivity contribution in [3.05, 3.63) is 88.4 Å². The van der Waals surface area contributed by atoms with Crippen LogP contribution in [0.3, 0.4) is 0 Å². The summed E-state index contributed by atoms with van der Waals surface area (Å²) in [6.45, 7) is 0. The van der Waals surface area contributed by atoms with Crippen molar-refractivity contribution in [2.24, 2.45) is 0 Å². The SMILES string of the molecule is C[S+]([O-])C(c1ccccc1)(c1ccccc1)c1cscn1. The Morgan fingerprint density at radius 2 is 1.48 bits per heavy atom. The van der Waals surface area contributed by atoms with E-state index in [1.807, 2.05) is 66.0 Å². The molecule has 3 rings (SSSR count).